The van der Waals surface area contributed by atoms with Crippen molar-refractivity contribution in [2.75, 3.05) is 0 Å². The molecule has 2 heterocycles. The number of fused-ring (bicyclic) bond motifs is 2. The zero-order chi connectivity index (χ0) is 26.7. The minimum atomic E-state index is -4.65. The Morgan fingerprint density at radius 3 is 1.37 bits per heavy atom. The molecule has 4 aromatic carbocycles. The molecule has 0 unspecified atom stereocenters. The topological polar surface area (TPSA) is 92.5 Å². The highest BCUT2D eigenvalue weighted by molar-refractivity contribution is 5.80. The van der Waals surface area contributed by atoms with E-state index in [0.717, 1.165) is 6.92 Å². The second-order valence-corrected chi connectivity index (χ2v) is 9.12. The molecule has 0 spiro atoms. The van der Waals surface area contributed by atoms with Gasteiger partial charge >= 0.3 is 6.18 Å². The Morgan fingerprint density at radius 2 is 1.00 bits per heavy atom. The quantitative estimate of drug-likeness (QED) is 0.251. The first-order valence-corrected chi connectivity index (χ1v) is 11.6. The SMILES string of the molecule is CC(c1ccc2oc(-c3ccc(O)cc3)nc2c1)(c1ccc2oc(-c3ccc(O)cc3)nc2c1)C(F)(F)F. The molecule has 0 amide bonds. The Balaban J connectivity index is 1.44. The van der Waals surface area contributed by atoms with E-state index in [0.29, 0.717) is 22.3 Å². The molecule has 6 nitrogen and oxygen atoms in total. The van der Waals surface area contributed by atoms with E-state index in [1.54, 1.807) is 24.3 Å². The normalized spacial score (nSPS) is 12.4. The standard InChI is InChI=1S/C29H19F3N2O4/c1-28(29(30,31)32,18-6-12-24-22(14-18)33-26(37-24)16-2-8-20(35)9-3-16)19-7-13-25-23(15-19)34-27(38-25)17-4-10-21(36)11-5-17/h2-15,35-36H,1H3. The molecule has 2 aromatic heterocycles. The van der Waals surface area contributed by atoms with Gasteiger partial charge in [-0.3, -0.25) is 0 Å². The molecular weight excluding hydrogens is 497 g/mol. The summed E-state index contributed by atoms with van der Waals surface area (Å²) in [4.78, 5) is 8.79. The fraction of sp³-hybridized carbons (Fsp3) is 0.103. The molecule has 0 aliphatic carbocycles. The molecule has 0 saturated heterocycles. The van der Waals surface area contributed by atoms with E-state index in [1.165, 1.54) is 60.7 Å². The molecule has 2 N–H and O–H groups in total. The predicted molar refractivity (Wildman–Crippen MR) is 135 cm³/mol. The van der Waals surface area contributed by atoms with Crippen LogP contribution < -0.4 is 0 Å². The molecule has 0 fully saturated rings. The zero-order valence-corrected chi connectivity index (χ0v) is 19.8. The van der Waals surface area contributed by atoms with Crippen LogP contribution in [0.15, 0.2) is 93.8 Å². The van der Waals surface area contributed by atoms with Crippen molar-refractivity contribution in [1.29, 1.82) is 0 Å². The molecule has 0 aliphatic rings. The van der Waals surface area contributed by atoms with E-state index in [2.05, 4.69) is 9.97 Å². The number of nitrogens with zero attached hydrogens (tertiary/aromatic N) is 2. The van der Waals surface area contributed by atoms with Crippen LogP contribution in [-0.4, -0.2) is 26.4 Å². The van der Waals surface area contributed by atoms with Gasteiger partial charge in [0.1, 0.15) is 27.9 Å². The van der Waals surface area contributed by atoms with Crippen LogP contribution in [0.4, 0.5) is 13.2 Å². The Morgan fingerprint density at radius 1 is 0.605 bits per heavy atom. The van der Waals surface area contributed by atoms with Crippen LogP contribution in [-0.2, 0) is 5.41 Å². The van der Waals surface area contributed by atoms with Crippen molar-refractivity contribution in [3.8, 4) is 34.4 Å². The molecule has 190 valence electrons. The van der Waals surface area contributed by atoms with Crippen molar-refractivity contribution in [1.82, 2.24) is 9.97 Å². The van der Waals surface area contributed by atoms with Gasteiger partial charge in [0.15, 0.2) is 11.2 Å². The molecule has 38 heavy (non-hydrogen) atoms. The van der Waals surface area contributed by atoms with Gasteiger partial charge in [0.25, 0.3) is 0 Å². The number of aromatic hydroxyl groups is 2. The summed E-state index contributed by atoms with van der Waals surface area (Å²) in [5, 5.41) is 19.0. The lowest BCUT2D eigenvalue weighted by Gasteiger charge is -2.33. The van der Waals surface area contributed by atoms with Crippen LogP contribution in [0, 0.1) is 0 Å². The largest absolute Gasteiger partial charge is 0.508 e. The van der Waals surface area contributed by atoms with Gasteiger partial charge in [-0.15, -0.1) is 0 Å². The second-order valence-electron chi connectivity index (χ2n) is 9.12. The fourth-order valence-electron chi connectivity index (χ4n) is 4.43. The summed E-state index contributed by atoms with van der Waals surface area (Å²) in [7, 11) is 0. The van der Waals surface area contributed by atoms with Gasteiger partial charge in [-0.05, 0) is 90.8 Å². The van der Waals surface area contributed by atoms with Crippen molar-refractivity contribution in [2.45, 2.75) is 18.5 Å². The number of phenols is 2. The molecule has 6 aromatic rings. The summed E-state index contributed by atoms with van der Waals surface area (Å²) in [6, 6.07) is 20.8. The molecule has 0 saturated carbocycles. The van der Waals surface area contributed by atoms with Crippen LogP contribution in [0.25, 0.3) is 45.1 Å². The number of hydrogen-bond donors (Lipinski definition) is 2. The number of oxazole rings is 2. The lowest BCUT2D eigenvalue weighted by atomic mass is 9.75. The summed E-state index contributed by atoms with van der Waals surface area (Å²) >= 11 is 0. The maximum atomic E-state index is 14.8. The van der Waals surface area contributed by atoms with E-state index in [9.17, 15) is 23.4 Å². The van der Waals surface area contributed by atoms with Crippen LogP contribution in [0.1, 0.15) is 18.1 Å². The van der Waals surface area contributed by atoms with E-state index in [1.807, 2.05) is 0 Å². The summed E-state index contributed by atoms with van der Waals surface area (Å²) in [5.41, 5.74) is -0.00511. The van der Waals surface area contributed by atoms with Crippen LogP contribution in [0.5, 0.6) is 11.5 Å². The molecule has 6 rings (SSSR count). The number of benzene rings is 4. The highest BCUT2D eigenvalue weighted by Crippen LogP contribution is 2.47. The third-order valence-corrected chi connectivity index (χ3v) is 6.73. The van der Waals surface area contributed by atoms with Gasteiger partial charge in [-0.1, -0.05) is 12.1 Å². The Labute approximate surface area is 213 Å². The first kappa shape index (κ1) is 23.6. The van der Waals surface area contributed by atoms with Crippen molar-refractivity contribution < 1.29 is 32.2 Å². The number of hydrogen-bond acceptors (Lipinski definition) is 6. The highest BCUT2D eigenvalue weighted by atomic mass is 19.4. The van der Waals surface area contributed by atoms with Gasteiger partial charge in [0.2, 0.25) is 11.8 Å². The lowest BCUT2D eigenvalue weighted by molar-refractivity contribution is -0.173. The average molecular weight is 516 g/mol. The first-order chi connectivity index (χ1) is 18.1. The molecule has 9 heteroatoms. The minimum absolute atomic E-state index is 0.00957. The lowest BCUT2D eigenvalue weighted by Crippen LogP contribution is -2.40. The third-order valence-electron chi connectivity index (χ3n) is 6.73. The Kier molecular flexibility index (Phi) is 5.20. The molecule has 0 bridgehead atoms. The number of alkyl halides is 3. The zero-order valence-electron chi connectivity index (χ0n) is 19.8. The molecule has 0 radical (unpaired) electrons. The van der Waals surface area contributed by atoms with Crippen molar-refractivity contribution in [2.24, 2.45) is 0 Å². The number of rotatable bonds is 4. The van der Waals surface area contributed by atoms with E-state index >= 15 is 0 Å². The summed E-state index contributed by atoms with van der Waals surface area (Å²) in [6.45, 7) is 1.12. The maximum Gasteiger partial charge on any atom is 0.402 e. The Bertz CT molecular complexity index is 1660. The van der Waals surface area contributed by atoms with Gasteiger partial charge < -0.3 is 19.0 Å². The average Bonchev–Trinajstić information content (AvgIpc) is 3.52. The van der Waals surface area contributed by atoms with E-state index in [-0.39, 0.29) is 45.4 Å². The van der Waals surface area contributed by atoms with E-state index < -0.39 is 11.6 Å². The summed E-state index contributed by atoms with van der Waals surface area (Å²) in [5.74, 6) is 0.619. The van der Waals surface area contributed by atoms with Gasteiger partial charge in [-0.25, -0.2) is 9.97 Å². The predicted octanol–water partition coefficient (Wildman–Crippen LogP) is 7.58. The van der Waals surface area contributed by atoms with Gasteiger partial charge in [-0.2, -0.15) is 13.2 Å². The number of phenolic OH excluding ortho intramolecular Hbond substituents is 2. The smallest absolute Gasteiger partial charge is 0.402 e. The number of aromatic nitrogens is 2. The van der Waals surface area contributed by atoms with Crippen molar-refractivity contribution >= 4 is 22.2 Å². The number of halogens is 3. The van der Waals surface area contributed by atoms with E-state index in [4.69, 9.17) is 8.83 Å². The summed E-state index contributed by atoms with van der Waals surface area (Å²) < 4.78 is 55.8. The van der Waals surface area contributed by atoms with Crippen molar-refractivity contribution in [3.05, 3.63) is 96.1 Å². The second kappa shape index (κ2) is 8.37. The van der Waals surface area contributed by atoms with Crippen LogP contribution in [0.2, 0.25) is 0 Å². The van der Waals surface area contributed by atoms with Crippen LogP contribution in [0.3, 0.4) is 0 Å². The molecule has 0 atom stereocenters. The summed E-state index contributed by atoms with van der Waals surface area (Å²) in [6.07, 6.45) is -4.65. The first-order valence-electron chi connectivity index (χ1n) is 11.6. The molecular formula is C29H19F3N2O4. The van der Waals surface area contributed by atoms with Gasteiger partial charge in [0, 0.05) is 11.1 Å². The monoisotopic (exact) mass is 516 g/mol. The highest BCUT2D eigenvalue weighted by Gasteiger charge is 2.53. The fourth-order valence-corrected chi connectivity index (χ4v) is 4.43. The van der Waals surface area contributed by atoms with Crippen LogP contribution >= 0.6 is 0 Å². The van der Waals surface area contributed by atoms with Crippen molar-refractivity contribution in [3.63, 3.8) is 0 Å². The van der Waals surface area contributed by atoms with Gasteiger partial charge in [0.05, 0.1) is 0 Å². The minimum Gasteiger partial charge on any atom is -0.508 e. The third kappa shape index (κ3) is 3.83. The molecule has 0 aliphatic heterocycles. The maximum absolute atomic E-state index is 14.8. The Hall–Kier alpha value is -4.79.